The first kappa shape index (κ1) is 28.0. The number of nitrogens with zero attached hydrogens (tertiary/aromatic N) is 4. The number of esters is 1. The largest absolute Gasteiger partial charge is 0.497 e. The van der Waals surface area contributed by atoms with E-state index in [0.29, 0.717) is 5.75 Å². The Morgan fingerprint density at radius 3 is 2.62 bits per heavy atom. The number of hydrogen-bond acceptors (Lipinski definition) is 10. The summed E-state index contributed by atoms with van der Waals surface area (Å²) < 4.78 is 41.6. The van der Waals surface area contributed by atoms with Crippen molar-refractivity contribution in [1.29, 1.82) is 0 Å². The summed E-state index contributed by atoms with van der Waals surface area (Å²) in [7, 11) is -1.56. The molecule has 37 heavy (non-hydrogen) atoms. The molecular weight excluding hydrogens is 511 g/mol. The number of aromatic amines is 1. The Kier molecular flexibility index (Phi) is 9.14. The highest BCUT2D eigenvalue weighted by Crippen LogP contribution is 2.46. The molecule has 1 aliphatic heterocycles. The number of azide groups is 1. The molecule has 0 aliphatic carbocycles. The zero-order valence-corrected chi connectivity index (χ0v) is 21.4. The Morgan fingerprint density at radius 2 is 2.00 bits per heavy atom. The molecule has 1 aromatic carbocycles. The normalized spacial score (nSPS) is 21.4. The van der Waals surface area contributed by atoms with E-state index in [-0.39, 0.29) is 17.7 Å². The Balaban J connectivity index is 1.82. The summed E-state index contributed by atoms with van der Waals surface area (Å²) in [6.45, 7) is 2.54. The fourth-order valence-corrected chi connectivity index (χ4v) is 5.03. The van der Waals surface area contributed by atoms with E-state index in [0.717, 1.165) is 0 Å². The minimum Gasteiger partial charge on any atom is -0.497 e. The molecule has 3 rings (SSSR count). The van der Waals surface area contributed by atoms with E-state index < -0.39 is 56.0 Å². The molecule has 0 amide bonds. The molecule has 0 radical (unpaired) electrons. The van der Waals surface area contributed by atoms with Crippen molar-refractivity contribution in [2.75, 3.05) is 20.8 Å². The van der Waals surface area contributed by atoms with Crippen LogP contribution in [0.3, 0.4) is 0 Å². The second kappa shape index (κ2) is 12.1. The molecule has 0 saturated carbocycles. The maximum Gasteiger partial charge on any atom is 0.459 e. The van der Waals surface area contributed by atoms with Crippen molar-refractivity contribution in [2.45, 2.75) is 44.7 Å². The molecule has 1 saturated heterocycles. The maximum atomic E-state index is 13.6. The third-order valence-electron chi connectivity index (χ3n) is 5.46. The van der Waals surface area contributed by atoms with Crippen molar-refractivity contribution in [3.8, 4) is 11.5 Å². The van der Waals surface area contributed by atoms with Gasteiger partial charge in [0.25, 0.3) is 5.56 Å². The number of carbonyl (C=O) groups is 1. The monoisotopic (exact) mass is 538 g/mol. The van der Waals surface area contributed by atoms with Gasteiger partial charge in [0.15, 0.2) is 0 Å². The maximum absolute atomic E-state index is 13.6. The average Bonchev–Trinajstić information content (AvgIpc) is 3.27. The number of aryl methyl sites for hydroxylation is 1. The molecule has 200 valence electrons. The van der Waals surface area contributed by atoms with Gasteiger partial charge in [0, 0.05) is 23.1 Å². The molecule has 0 spiro atoms. The lowest BCUT2D eigenvalue weighted by Crippen LogP contribution is -2.36. The number of ether oxygens (including phenoxy) is 3. The lowest BCUT2D eigenvalue weighted by molar-refractivity contribution is -0.142. The Bertz CT molecular complexity index is 1320. The third-order valence-corrected chi connectivity index (χ3v) is 7.10. The van der Waals surface area contributed by atoms with Crippen LogP contribution in [0.5, 0.6) is 11.5 Å². The van der Waals surface area contributed by atoms with Crippen molar-refractivity contribution in [3.05, 3.63) is 67.3 Å². The average molecular weight is 538 g/mol. The van der Waals surface area contributed by atoms with Gasteiger partial charge < -0.3 is 18.7 Å². The Labute approximate surface area is 210 Å². The van der Waals surface area contributed by atoms with Crippen molar-refractivity contribution < 1.29 is 32.6 Å². The number of benzene rings is 1. The first-order valence-corrected chi connectivity index (χ1v) is 12.6. The zero-order valence-electron chi connectivity index (χ0n) is 20.5. The first-order chi connectivity index (χ1) is 17.6. The van der Waals surface area contributed by atoms with Gasteiger partial charge in [-0.05, 0) is 43.6 Å². The Hall–Kier alpha value is -3.61. The van der Waals surface area contributed by atoms with E-state index in [1.54, 1.807) is 12.1 Å². The minimum atomic E-state index is -4.22. The van der Waals surface area contributed by atoms with Gasteiger partial charge in [-0.25, -0.2) is 9.36 Å². The molecule has 1 fully saturated rings. The number of carbonyl (C=O) groups excluding carboxylic acids is 1. The fourth-order valence-electron chi connectivity index (χ4n) is 3.53. The van der Waals surface area contributed by atoms with Crippen LogP contribution in [-0.2, 0) is 23.4 Å². The molecule has 5 atom stereocenters. The van der Waals surface area contributed by atoms with Gasteiger partial charge in [-0.15, -0.1) is 0 Å². The highest BCUT2D eigenvalue weighted by atomic mass is 31.2. The zero-order chi connectivity index (χ0) is 27.2. The van der Waals surface area contributed by atoms with Crippen LogP contribution in [0.4, 0.5) is 0 Å². The lowest BCUT2D eigenvalue weighted by Gasteiger charge is -2.24. The smallest absolute Gasteiger partial charge is 0.459 e. The van der Waals surface area contributed by atoms with E-state index >= 15 is 0 Å². The second-order valence-corrected chi connectivity index (χ2v) is 9.74. The number of H-pyrrole nitrogens is 1. The number of nitrogens with one attached hydrogen (secondary N) is 2. The predicted molar refractivity (Wildman–Crippen MR) is 129 cm³/mol. The summed E-state index contributed by atoms with van der Waals surface area (Å²) in [5.41, 5.74) is 8.04. The van der Waals surface area contributed by atoms with Crippen LogP contribution in [0.25, 0.3) is 10.4 Å². The van der Waals surface area contributed by atoms with Crippen LogP contribution in [0, 0.1) is 6.92 Å². The molecule has 1 aliphatic rings. The number of rotatable bonds is 11. The predicted octanol–water partition coefficient (Wildman–Crippen LogP) is 2.17. The van der Waals surface area contributed by atoms with Crippen molar-refractivity contribution >= 4 is 13.7 Å². The molecule has 16 heteroatoms. The van der Waals surface area contributed by atoms with Gasteiger partial charge >= 0.3 is 19.4 Å². The van der Waals surface area contributed by atoms with Crippen LogP contribution >= 0.6 is 7.75 Å². The molecular formula is C21H27N6O9P. The highest BCUT2D eigenvalue weighted by Gasteiger charge is 2.40. The SMILES string of the molecule is COC(=O)C(C)NP(=O)(OCC1OC(n2cc(C)c(=O)[nH]c2=O)CC1N=[N+]=[N-])Oc1ccc(OC)cc1. The molecule has 1 aromatic heterocycles. The van der Waals surface area contributed by atoms with Crippen molar-refractivity contribution in [1.82, 2.24) is 14.6 Å². The summed E-state index contributed by atoms with van der Waals surface area (Å²) in [4.78, 5) is 40.9. The fraction of sp³-hybridized carbons (Fsp3) is 0.476. The number of hydrogen-bond donors (Lipinski definition) is 2. The highest BCUT2D eigenvalue weighted by molar-refractivity contribution is 7.52. The van der Waals surface area contributed by atoms with Crippen LogP contribution in [0.1, 0.15) is 25.1 Å². The lowest BCUT2D eigenvalue weighted by atomic mass is 10.1. The summed E-state index contributed by atoms with van der Waals surface area (Å²) in [5.74, 6) is -0.0192. The van der Waals surface area contributed by atoms with Gasteiger partial charge in [0.05, 0.1) is 33.0 Å². The van der Waals surface area contributed by atoms with Gasteiger partial charge in [0.1, 0.15) is 23.8 Å². The molecule has 5 unspecified atom stereocenters. The van der Waals surface area contributed by atoms with Gasteiger partial charge in [-0.2, -0.15) is 5.09 Å². The number of aromatic nitrogens is 2. The van der Waals surface area contributed by atoms with Gasteiger partial charge in [0.2, 0.25) is 0 Å². The first-order valence-electron chi connectivity index (χ1n) is 11.0. The van der Waals surface area contributed by atoms with E-state index in [2.05, 4.69) is 24.8 Å². The van der Waals surface area contributed by atoms with Crippen LogP contribution in [0.15, 0.2) is 45.2 Å². The molecule has 15 nitrogen and oxygen atoms in total. The van der Waals surface area contributed by atoms with E-state index in [9.17, 15) is 18.9 Å². The minimum absolute atomic E-state index is 0.0824. The molecule has 2 N–H and O–H groups in total. The van der Waals surface area contributed by atoms with Crippen LogP contribution in [-0.4, -0.2) is 54.5 Å². The van der Waals surface area contributed by atoms with E-state index in [1.807, 2.05) is 0 Å². The van der Waals surface area contributed by atoms with Crippen molar-refractivity contribution in [3.63, 3.8) is 0 Å². The summed E-state index contributed by atoms with van der Waals surface area (Å²) in [6, 6.07) is 4.28. The topological polar surface area (TPSA) is 196 Å². The molecule has 0 bridgehead atoms. The second-order valence-electron chi connectivity index (χ2n) is 8.05. The summed E-state index contributed by atoms with van der Waals surface area (Å²) in [5, 5.41) is 6.21. The van der Waals surface area contributed by atoms with Crippen LogP contribution < -0.4 is 25.6 Å². The van der Waals surface area contributed by atoms with Crippen LogP contribution in [0.2, 0.25) is 0 Å². The quantitative estimate of drug-likeness (QED) is 0.141. The third kappa shape index (κ3) is 7.00. The summed E-state index contributed by atoms with van der Waals surface area (Å²) >= 11 is 0. The van der Waals surface area contributed by atoms with E-state index in [1.165, 1.54) is 51.0 Å². The van der Waals surface area contributed by atoms with E-state index in [4.69, 9.17) is 24.1 Å². The standard InChI is InChI=1S/C21H27N6O9P/c1-12-10-27(21(30)23-19(12)28)18-9-16(24-26-22)17(35-18)11-34-37(31,25-13(2)20(29)33-4)36-15-7-5-14(32-3)6-8-15/h5-8,10,13,16-18H,9,11H2,1-4H3,(H,25,31)(H,23,28,30). The Morgan fingerprint density at radius 1 is 1.32 bits per heavy atom. The summed E-state index contributed by atoms with van der Waals surface area (Å²) in [6.07, 6.45) is -0.419. The van der Waals surface area contributed by atoms with Crippen molar-refractivity contribution in [2.24, 2.45) is 5.11 Å². The molecule has 2 heterocycles. The number of methoxy groups -OCH3 is 2. The van der Waals surface area contributed by atoms with Gasteiger partial charge in [-0.3, -0.25) is 23.7 Å². The molecule has 2 aromatic rings. The van der Waals surface area contributed by atoms with Gasteiger partial charge in [-0.1, -0.05) is 5.11 Å².